The molecule has 0 spiro atoms. The highest BCUT2D eigenvalue weighted by atomic mass is 16.6. The quantitative estimate of drug-likeness (QED) is 0.233. The first-order chi connectivity index (χ1) is 20.8. The van der Waals surface area contributed by atoms with Crippen molar-refractivity contribution < 1.29 is 33.8 Å². The second-order valence-corrected chi connectivity index (χ2v) is 13.4. The third-order valence-electron chi connectivity index (χ3n) is 6.71. The molecule has 11 heteroatoms. The van der Waals surface area contributed by atoms with Gasteiger partial charge in [-0.15, -0.1) is 0 Å². The maximum absolute atomic E-state index is 13.5. The number of carbonyl (C=O) groups excluding carboxylic acids is 4. The third-order valence-corrected chi connectivity index (χ3v) is 6.71. The van der Waals surface area contributed by atoms with E-state index in [2.05, 4.69) is 21.3 Å². The minimum Gasteiger partial charge on any atom is -0.508 e. The highest BCUT2D eigenvalue weighted by molar-refractivity contribution is 5.91. The minimum absolute atomic E-state index is 0.104. The summed E-state index contributed by atoms with van der Waals surface area (Å²) < 4.78 is 10.7. The predicted octanol–water partition coefficient (Wildman–Crippen LogP) is 4.45. The number of hydrogen-bond donors (Lipinski definition) is 5. The molecule has 0 radical (unpaired) electrons. The predicted molar refractivity (Wildman–Crippen MR) is 173 cm³/mol. The SMILES string of the molecule is Cc1cc(O)cc(C)c1C[C@H](NC(=O)OC(C)(C)C)C(=O)N[C@H](C)C(=O)NCC(CNC(=O)OC(C)(C)C)Cc1ccccc1. The van der Waals surface area contributed by atoms with Crippen LogP contribution in [-0.4, -0.2) is 65.5 Å². The number of aromatic hydroxyl groups is 1. The molecule has 45 heavy (non-hydrogen) atoms. The molecule has 0 saturated heterocycles. The van der Waals surface area contributed by atoms with E-state index < -0.39 is 47.3 Å². The second kappa shape index (κ2) is 16.2. The lowest BCUT2D eigenvalue weighted by Gasteiger charge is -2.26. The molecule has 0 aromatic heterocycles. The molecule has 2 aromatic carbocycles. The maximum Gasteiger partial charge on any atom is 0.408 e. The summed E-state index contributed by atoms with van der Waals surface area (Å²) in [6.45, 7) is 16.2. The summed E-state index contributed by atoms with van der Waals surface area (Å²) in [5.41, 5.74) is 1.91. The van der Waals surface area contributed by atoms with Gasteiger partial charge in [0.25, 0.3) is 0 Å². The molecule has 5 N–H and O–H groups in total. The van der Waals surface area contributed by atoms with Crippen molar-refractivity contribution in [1.82, 2.24) is 21.3 Å². The van der Waals surface area contributed by atoms with Crippen LogP contribution in [0.3, 0.4) is 0 Å². The van der Waals surface area contributed by atoms with Crippen LogP contribution in [-0.2, 0) is 31.9 Å². The van der Waals surface area contributed by atoms with Crippen molar-refractivity contribution in [2.45, 2.75) is 98.4 Å². The zero-order valence-corrected chi connectivity index (χ0v) is 28.0. The van der Waals surface area contributed by atoms with E-state index >= 15 is 0 Å². The average molecular weight is 627 g/mol. The van der Waals surface area contributed by atoms with Crippen LogP contribution in [0.5, 0.6) is 5.75 Å². The van der Waals surface area contributed by atoms with Gasteiger partial charge in [0.1, 0.15) is 29.0 Å². The Bertz CT molecular complexity index is 1290. The Balaban J connectivity index is 2.11. The summed E-state index contributed by atoms with van der Waals surface area (Å²) in [6, 6.07) is 10.9. The number of phenolic OH excluding ortho intramolecular Hbond substituents is 1. The van der Waals surface area contributed by atoms with Crippen LogP contribution in [0.4, 0.5) is 9.59 Å². The van der Waals surface area contributed by atoms with Gasteiger partial charge in [-0.1, -0.05) is 30.3 Å². The molecule has 0 heterocycles. The van der Waals surface area contributed by atoms with Gasteiger partial charge in [0.2, 0.25) is 11.8 Å². The molecule has 0 aliphatic rings. The molecule has 0 aliphatic carbocycles. The van der Waals surface area contributed by atoms with Crippen LogP contribution in [0, 0.1) is 19.8 Å². The minimum atomic E-state index is -1.05. The first-order valence-corrected chi connectivity index (χ1v) is 15.2. The summed E-state index contributed by atoms with van der Waals surface area (Å²) in [5, 5.41) is 21.0. The molecule has 0 saturated carbocycles. The van der Waals surface area contributed by atoms with Crippen LogP contribution < -0.4 is 21.3 Å². The Hall–Kier alpha value is -4.28. The number of phenols is 1. The van der Waals surface area contributed by atoms with Crippen LogP contribution in [0.2, 0.25) is 0 Å². The van der Waals surface area contributed by atoms with Crippen molar-refractivity contribution in [3.63, 3.8) is 0 Å². The molecule has 2 aromatic rings. The lowest BCUT2D eigenvalue weighted by atomic mass is 9.95. The van der Waals surface area contributed by atoms with Crippen LogP contribution >= 0.6 is 0 Å². The van der Waals surface area contributed by atoms with E-state index in [9.17, 15) is 24.3 Å². The fraction of sp³-hybridized carbons (Fsp3) is 0.529. The highest BCUT2D eigenvalue weighted by Crippen LogP contribution is 2.22. The molecule has 2 rings (SSSR count). The topological polar surface area (TPSA) is 155 Å². The monoisotopic (exact) mass is 626 g/mol. The first-order valence-electron chi connectivity index (χ1n) is 15.2. The Morgan fingerprint density at radius 1 is 0.756 bits per heavy atom. The molecule has 1 unspecified atom stereocenters. The van der Waals surface area contributed by atoms with Crippen molar-refractivity contribution in [3.8, 4) is 5.75 Å². The zero-order valence-electron chi connectivity index (χ0n) is 28.0. The second-order valence-electron chi connectivity index (χ2n) is 13.4. The number of carbonyl (C=O) groups is 4. The third kappa shape index (κ3) is 13.9. The number of hydrogen-bond acceptors (Lipinski definition) is 7. The molecule has 248 valence electrons. The number of amides is 4. The van der Waals surface area contributed by atoms with Gasteiger partial charge in [0.15, 0.2) is 0 Å². The highest BCUT2D eigenvalue weighted by Gasteiger charge is 2.28. The van der Waals surface area contributed by atoms with Gasteiger partial charge < -0.3 is 35.8 Å². The Labute approximate surface area is 266 Å². The van der Waals surface area contributed by atoms with Gasteiger partial charge in [-0.25, -0.2) is 9.59 Å². The first kappa shape index (κ1) is 36.9. The van der Waals surface area contributed by atoms with Gasteiger partial charge >= 0.3 is 12.2 Å². The number of ether oxygens (including phenoxy) is 2. The van der Waals surface area contributed by atoms with Crippen LogP contribution in [0.1, 0.15) is 70.7 Å². The Morgan fingerprint density at radius 2 is 1.29 bits per heavy atom. The Kier molecular flexibility index (Phi) is 13.2. The van der Waals surface area contributed by atoms with E-state index in [-0.39, 0.29) is 31.2 Å². The molecule has 0 fully saturated rings. The summed E-state index contributed by atoms with van der Waals surface area (Å²) in [7, 11) is 0. The van der Waals surface area contributed by atoms with E-state index in [1.165, 1.54) is 0 Å². The van der Waals surface area contributed by atoms with Crippen molar-refractivity contribution in [2.75, 3.05) is 13.1 Å². The molecular formula is C34H50N4O7. The molecular weight excluding hydrogens is 576 g/mol. The van der Waals surface area contributed by atoms with Crippen molar-refractivity contribution in [2.24, 2.45) is 5.92 Å². The summed E-state index contributed by atoms with van der Waals surface area (Å²) in [5.74, 6) is -1.05. The maximum atomic E-state index is 13.5. The number of aryl methyl sites for hydroxylation is 2. The van der Waals surface area contributed by atoms with Gasteiger partial charge in [-0.05, 0) is 109 Å². The molecule has 3 atom stereocenters. The summed E-state index contributed by atoms with van der Waals surface area (Å²) in [4.78, 5) is 51.5. The number of benzene rings is 2. The van der Waals surface area contributed by atoms with E-state index in [4.69, 9.17) is 9.47 Å². The van der Waals surface area contributed by atoms with Gasteiger partial charge in [0.05, 0.1) is 0 Å². The van der Waals surface area contributed by atoms with E-state index in [0.29, 0.717) is 6.42 Å². The fourth-order valence-corrected chi connectivity index (χ4v) is 4.64. The fourth-order valence-electron chi connectivity index (χ4n) is 4.64. The van der Waals surface area contributed by atoms with Crippen LogP contribution in [0.15, 0.2) is 42.5 Å². The van der Waals surface area contributed by atoms with E-state index in [1.807, 2.05) is 44.2 Å². The Morgan fingerprint density at radius 3 is 1.84 bits per heavy atom. The average Bonchev–Trinajstić information content (AvgIpc) is 2.89. The van der Waals surface area contributed by atoms with Crippen molar-refractivity contribution >= 4 is 24.0 Å². The molecule has 11 nitrogen and oxygen atoms in total. The lowest BCUT2D eigenvalue weighted by molar-refractivity contribution is -0.129. The molecule has 0 bridgehead atoms. The number of alkyl carbamates (subject to hydrolysis) is 2. The van der Waals surface area contributed by atoms with Crippen LogP contribution in [0.25, 0.3) is 0 Å². The normalized spacial score (nSPS) is 13.5. The zero-order chi connectivity index (χ0) is 33.9. The van der Waals surface area contributed by atoms with Gasteiger partial charge in [-0.2, -0.15) is 0 Å². The smallest absolute Gasteiger partial charge is 0.408 e. The number of nitrogens with one attached hydrogen (secondary N) is 4. The molecule has 0 aliphatic heterocycles. The van der Waals surface area contributed by atoms with E-state index in [1.54, 1.807) is 60.6 Å². The summed E-state index contributed by atoms with van der Waals surface area (Å²) >= 11 is 0. The lowest BCUT2D eigenvalue weighted by Crippen LogP contribution is -2.54. The van der Waals surface area contributed by atoms with E-state index in [0.717, 1.165) is 22.3 Å². The molecule has 4 amide bonds. The van der Waals surface area contributed by atoms with Crippen molar-refractivity contribution in [1.29, 1.82) is 0 Å². The largest absolute Gasteiger partial charge is 0.508 e. The summed E-state index contributed by atoms with van der Waals surface area (Å²) in [6.07, 6.45) is -0.609. The standard InChI is InChI=1S/C34H50N4O7/c1-21-15-26(39)16-22(2)27(21)18-28(38-32(43)45-34(7,8)9)30(41)37-23(3)29(40)35-19-25(17-24-13-11-10-12-14-24)20-36-31(42)44-33(4,5)6/h10-16,23,25,28,39H,17-20H2,1-9H3,(H,35,40)(H,36,42)(H,37,41)(H,38,43)/t23-,25?,28+/m1/s1. The van der Waals surface area contributed by atoms with Crippen molar-refractivity contribution in [3.05, 3.63) is 64.7 Å². The number of rotatable bonds is 12. The van der Waals surface area contributed by atoms with Gasteiger partial charge in [-0.3, -0.25) is 9.59 Å². The van der Waals surface area contributed by atoms with Gasteiger partial charge in [0, 0.05) is 19.5 Å².